The van der Waals surface area contributed by atoms with Crippen molar-refractivity contribution in [2.45, 2.75) is 36.1 Å². The quantitative estimate of drug-likeness (QED) is 0.859. The van der Waals surface area contributed by atoms with Crippen molar-refractivity contribution in [2.24, 2.45) is 0 Å². The van der Waals surface area contributed by atoms with E-state index in [2.05, 4.69) is 5.32 Å². The van der Waals surface area contributed by atoms with Crippen molar-refractivity contribution in [3.8, 4) is 0 Å². The van der Waals surface area contributed by atoms with Gasteiger partial charge in [0, 0.05) is 18.5 Å². The molecule has 0 spiro atoms. The molecule has 2 unspecified atom stereocenters. The van der Waals surface area contributed by atoms with E-state index in [0.717, 1.165) is 24.3 Å². The summed E-state index contributed by atoms with van der Waals surface area (Å²) in [5, 5.41) is 3.07. The molecule has 0 amide bonds. The molecule has 5 nitrogen and oxygen atoms in total. The zero-order chi connectivity index (χ0) is 14.8. The van der Waals surface area contributed by atoms with Gasteiger partial charge in [-0.3, -0.25) is 0 Å². The van der Waals surface area contributed by atoms with Gasteiger partial charge in [-0.15, -0.1) is 11.3 Å². The number of hydrogen-bond acceptors (Lipinski definition) is 5. The maximum atomic E-state index is 12.6. The normalized spacial score (nSPS) is 23.6. The first kappa shape index (κ1) is 15.9. The van der Waals surface area contributed by atoms with Gasteiger partial charge in [0.1, 0.15) is 4.21 Å². The number of ether oxygens (including phenoxy) is 1. The molecule has 0 aliphatic carbocycles. The third-order valence-electron chi connectivity index (χ3n) is 3.70. The summed E-state index contributed by atoms with van der Waals surface area (Å²) < 4.78 is 32.6. The van der Waals surface area contributed by atoms with E-state index in [1.165, 1.54) is 15.6 Å². The van der Waals surface area contributed by atoms with Crippen LogP contribution in [0.4, 0.5) is 0 Å². The lowest BCUT2D eigenvalue weighted by atomic mass is 10.2. The van der Waals surface area contributed by atoms with Crippen LogP contribution in [0.25, 0.3) is 0 Å². The number of nitrogens with one attached hydrogen (secondary N) is 1. The van der Waals surface area contributed by atoms with Gasteiger partial charge in [-0.2, -0.15) is 4.31 Å². The molecule has 1 fully saturated rings. The molecular weight excluding hydrogens is 296 g/mol. The van der Waals surface area contributed by atoms with Crippen LogP contribution in [0.5, 0.6) is 0 Å². The first-order valence-corrected chi connectivity index (χ1v) is 9.05. The molecule has 0 bridgehead atoms. The number of thiophene rings is 1. The highest BCUT2D eigenvalue weighted by Gasteiger charge is 2.35. The van der Waals surface area contributed by atoms with E-state index in [9.17, 15) is 8.42 Å². The molecule has 0 saturated carbocycles. The van der Waals surface area contributed by atoms with Crippen molar-refractivity contribution in [1.82, 2.24) is 9.62 Å². The minimum Gasteiger partial charge on any atom is -0.377 e. The van der Waals surface area contributed by atoms with E-state index in [0.29, 0.717) is 10.8 Å². The fourth-order valence-electron chi connectivity index (χ4n) is 2.40. The average molecular weight is 318 g/mol. The van der Waals surface area contributed by atoms with Gasteiger partial charge in [0.05, 0.1) is 12.1 Å². The molecule has 114 valence electrons. The van der Waals surface area contributed by atoms with E-state index in [-0.39, 0.29) is 12.1 Å². The summed E-state index contributed by atoms with van der Waals surface area (Å²) >= 11 is 1.36. The van der Waals surface area contributed by atoms with E-state index in [1.807, 2.05) is 20.0 Å². The third kappa shape index (κ3) is 3.23. The van der Waals surface area contributed by atoms with E-state index in [1.54, 1.807) is 13.1 Å². The second-order valence-corrected chi connectivity index (χ2v) is 8.42. The minimum atomic E-state index is -3.41. The molecule has 0 radical (unpaired) electrons. The molecule has 2 atom stereocenters. The molecule has 0 aromatic carbocycles. The molecule has 2 rings (SSSR count). The summed E-state index contributed by atoms with van der Waals surface area (Å²) in [6.07, 6.45) is 1.57. The van der Waals surface area contributed by atoms with Crippen LogP contribution >= 0.6 is 11.3 Å². The molecule has 20 heavy (non-hydrogen) atoms. The predicted octanol–water partition coefficient (Wildman–Crippen LogP) is 1.31. The Morgan fingerprint density at radius 3 is 2.85 bits per heavy atom. The van der Waals surface area contributed by atoms with Gasteiger partial charge in [0.15, 0.2) is 0 Å². The number of likely N-dealkylation sites (N-methyl/N-ethyl adjacent to an activating group) is 2. The van der Waals surface area contributed by atoms with Crippen molar-refractivity contribution >= 4 is 21.4 Å². The highest BCUT2D eigenvalue weighted by atomic mass is 32.2. The predicted molar refractivity (Wildman–Crippen MR) is 80.7 cm³/mol. The minimum absolute atomic E-state index is 0.0431. The second kappa shape index (κ2) is 6.53. The number of rotatable bonds is 6. The Morgan fingerprint density at radius 1 is 1.50 bits per heavy atom. The maximum Gasteiger partial charge on any atom is 0.252 e. The van der Waals surface area contributed by atoms with Crippen LogP contribution < -0.4 is 5.32 Å². The van der Waals surface area contributed by atoms with Crippen molar-refractivity contribution in [2.75, 3.05) is 27.2 Å². The lowest BCUT2D eigenvalue weighted by molar-refractivity contribution is 0.102. The van der Waals surface area contributed by atoms with E-state index < -0.39 is 10.0 Å². The highest BCUT2D eigenvalue weighted by molar-refractivity contribution is 7.91. The van der Waals surface area contributed by atoms with E-state index in [4.69, 9.17) is 4.74 Å². The van der Waals surface area contributed by atoms with Gasteiger partial charge < -0.3 is 10.1 Å². The van der Waals surface area contributed by atoms with Crippen molar-refractivity contribution in [1.29, 1.82) is 0 Å². The molecular formula is C13H22N2O3S2. The number of nitrogens with zero attached hydrogens (tertiary/aromatic N) is 1. The molecule has 7 heteroatoms. The SMILES string of the molecule is CNCCc1ccc(S(=O)(=O)N(C)C2CCOC2C)s1. The molecule has 1 aromatic heterocycles. The Morgan fingerprint density at radius 2 is 2.25 bits per heavy atom. The zero-order valence-corrected chi connectivity index (χ0v) is 13.8. The van der Waals surface area contributed by atoms with Gasteiger partial charge in [0.25, 0.3) is 10.0 Å². The van der Waals surface area contributed by atoms with Gasteiger partial charge in [-0.05, 0) is 45.5 Å². The van der Waals surface area contributed by atoms with Crippen molar-refractivity contribution < 1.29 is 13.2 Å². The molecule has 2 heterocycles. The largest absolute Gasteiger partial charge is 0.377 e. The summed E-state index contributed by atoms with van der Waals surface area (Å²) in [4.78, 5) is 1.09. The Balaban J connectivity index is 2.15. The van der Waals surface area contributed by atoms with Crippen LogP contribution in [0.2, 0.25) is 0 Å². The summed E-state index contributed by atoms with van der Waals surface area (Å²) in [6.45, 7) is 3.41. The Bertz CT molecular complexity index is 542. The smallest absolute Gasteiger partial charge is 0.252 e. The van der Waals surface area contributed by atoms with Crippen LogP contribution in [0, 0.1) is 0 Å². The van der Waals surface area contributed by atoms with Gasteiger partial charge in [-0.1, -0.05) is 0 Å². The first-order chi connectivity index (χ1) is 9.46. The Labute approximate surface area is 125 Å². The van der Waals surface area contributed by atoms with Crippen LogP contribution in [0.3, 0.4) is 0 Å². The van der Waals surface area contributed by atoms with Gasteiger partial charge in [-0.25, -0.2) is 8.42 Å². The first-order valence-electron chi connectivity index (χ1n) is 6.79. The summed E-state index contributed by atoms with van der Waals surface area (Å²) in [5.74, 6) is 0. The third-order valence-corrected chi connectivity index (χ3v) is 7.19. The topological polar surface area (TPSA) is 58.6 Å². The molecule has 1 aliphatic rings. The second-order valence-electron chi connectivity index (χ2n) is 5.03. The van der Waals surface area contributed by atoms with Gasteiger partial charge >= 0.3 is 0 Å². The average Bonchev–Trinajstić information content (AvgIpc) is 3.04. The van der Waals surface area contributed by atoms with Crippen LogP contribution in [-0.2, 0) is 21.2 Å². The van der Waals surface area contributed by atoms with E-state index >= 15 is 0 Å². The standard InChI is InChI=1S/C13H22N2O3S2/c1-10-12(7-9-18-10)15(3)20(16,17)13-5-4-11(19-13)6-8-14-2/h4-5,10,12,14H,6-9H2,1-3H3. The highest BCUT2D eigenvalue weighted by Crippen LogP contribution is 2.29. The molecule has 1 N–H and O–H groups in total. The van der Waals surface area contributed by atoms with Crippen LogP contribution in [0.15, 0.2) is 16.3 Å². The van der Waals surface area contributed by atoms with Crippen molar-refractivity contribution in [3.05, 3.63) is 17.0 Å². The van der Waals surface area contributed by atoms with Gasteiger partial charge in [0.2, 0.25) is 0 Å². The fraction of sp³-hybridized carbons (Fsp3) is 0.692. The summed E-state index contributed by atoms with van der Waals surface area (Å²) in [6, 6.07) is 3.54. The monoisotopic (exact) mass is 318 g/mol. The lowest BCUT2D eigenvalue weighted by Gasteiger charge is -2.25. The fourth-order valence-corrected chi connectivity index (χ4v) is 5.38. The zero-order valence-electron chi connectivity index (χ0n) is 12.1. The van der Waals surface area contributed by atoms with Crippen LogP contribution in [-0.4, -0.2) is 52.1 Å². The summed E-state index contributed by atoms with van der Waals surface area (Å²) in [5.41, 5.74) is 0. The Kier molecular flexibility index (Phi) is 5.19. The van der Waals surface area contributed by atoms with Crippen LogP contribution in [0.1, 0.15) is 18.2 Å². The lowest BCUT2D eigenvalue weighted by Crippen LogP contribution is -2.40. The number of sulfonamides is 1. The molecule has 1 saturated heterocycles. The Hall–Kier alpha value is -0.470. The summed E-state index contributed by atoms with van der Waals surface area (Å²) in [7, 11) is 0.132. The number of hydrogen-bond donors (Lipinski definition) is 1. The maximum absolute atomic E-state index is 12.6. The molecule has 1 aliphatic heterocycles. The van der Waals surface area contributed by atoms with Crippen molar-refractivity contribution in [3.63, 3.8) is 0 Å². The molecule has 1 aromatic rings.